The normalized spacial score (nSPS) is 19.8. The van der Waals surface area contributed by atoms with Gasteiger partial charge in [-0.2, -0.15) is 0 Å². The molecule has 2 aliphatic heterocycles. The molecule has 2 N–H and O–H groups in total. The van der Waals surface area contributed by atoms with Crippen LogP contribution in [0.1, 0.15) is 26.2 Å². The zero-order valence-electron chi connectivity index (χ0n) is 18.7. The van der Waals surface area contributed by atoms with Crippen LogP contribution in [0, 0.1) is 0 Å². The SMILES string of the molecule is CCNC(=NCCCOC1CCOC1)NCCCN1CCN(c2ncccn2)CC1.I. The summed E-state index contributed by atoms with van der Waals surface area (Å²) in [7, 11) is 0. The first-order valence-electron chi connectivity index (χ1n) is 11.3. The number of anilines is 1. The molecule has 31 heavy (non-hydrogen) atoms. The van der Waals surface area contributed by atoms with Crippen molar-refractivity contribution in [3.63, 3.8) is 0 Å². The van der Waals surface area contributed by atoms with Crippen molar-refractivity contribution >= 4 is 35.9 Å². The topological polar surface area (TPSA) is 87.1 Å². The summed E-state index contributed by atoms with van der Waals surface area (Å²) in [6, 6.07) is 1.86. The third kappa shape index (κ3) is 9.84. The van der Waals surface area contributed by atoms with Gasteiger partial charge < -0.3 is 25.0 Å². The summed E-state index contributed by atoms with van der Waals surface area (Å²) in [6.45, 7) is 12.1. The number of aliphatic imine (C=N–C) groups is 1. The van der Waals surface area contributed by atoms with Gasteiger partial charge in [0.1, 0.15) is 0 Å². The minimum atomic E-state index is 0. The second kappa shape index (κ2) is 15.5. The molecule has 0 aromatic carbocycles. The Hall–Kier alpha value is -1.24. The molecule has 0 aliphatic carbocycles. The van der Waals surface area contributed by atoms with E-state index in [0.29, 0.717) is 0 Å². The van der Waals surface area contributed by atoms with E-state index in [1.165, 1.54) is 0 Å². The highest BCUT2D eigenvalue weighted by Gasteiger charge is 2.18. The monoisotopic (exact) mass is 547 g/mol. The number of guanidine groups is 1. The number of halogens is 1. The Labute approximate surface area is 203 Å². The fraction of sp³-hybridized carbons (Fsp3) is 0.762. The summed E-state index contributed by atoms with van der Waals surface area (Å²) in [4.78, 5) is 18.1. The molecule has 0 saturated carbocycles. The van der Waals surface area contributed by atoms with E-state index < -0.39 is 0 Å². The Morgan fingerprint density at radius 3 is 2.71 bits per heavy atom. The Balaban J connectivity index is 0.00000341. The lowest BCUT2D eigenvalue weighted by molar-refractivity contribution is 0.0424. The first-order chi connectivity index (χ1) is 14.8. The maximum Gasteiger partial charge on any atom is 0.225 e. The number of hydrogen-bond donors (Lipinski definition) is 2. The van der Waals surface area contributed by atoms with Gasteiger partial charge in [0.2, 0.25) is 5.95 Å². The molecule has 10 heteroatoms. The van der Waals surface area contributed by atoms with Gasteiger partial charge in [-0.05, 0) is 38.8 Å². The fourth-order valence-electron chi connectivity index (χ4n) is 3.63. The van der Waals surface area contributed by atoms with Crippen molar-refractivity contribution in [3.05, 3.63) is 18.5 Å². The van der Waals surface area contributed by atoms with Gasteiger partial charge in [0.15, 0.2) is 5.96 Å². The standard InChI is InChI=1S/C21H37N7O2.HI/c1-2-22-20(24-10-5-16-30-19-6-17-29-18-19)23-9-4-11-27-12-14-28(15-13-27)21-25-7-3-8-26-21;/h3,7-8,19H,2,4-6,9-18H2,1H3,(H2,22,23,24);1H. The molecule has 3 heterocycles. The van der Waals surface area contributed by atoms with Crippen molar-refractivity contribution in [2.45, 2.75) is 32.3 Å². The molecule has 2 aliphatic rings. The Kier molecular flexibility index (Phi) is 13.0. The van der Waals surface area contributed by atoms with Gasteiger partial charge in [-0.3, -0.25) is 9.89 Å². The number of piperazine rings is 1. The highest BCUT2D eigenvalue weighted by molar-refractivity contribution is 14.0. The van der Waals surface area contributed by atoms with E-state index in [0.717, 1.165) is 103 Å². The van der Waals surface area contributed by atoms with Gasteiger partial charge in [-0.15, -0.1) is 24.0 Å². The molecular weight excluding hydrogens is 509 g/mol. The highest BCUT2D eigenvalue weighted by Crippen LogP contribution is 2.10. The number of hydrogen-bond acceptors (Lipinski definition) is 7. The second-order valence-corrected chi connectivity index (χ2v) is 7.63. The van der Waals surface area contributed by atoms with Crippen molar-refractivity contribution in [2.75, 3.05) is 77.1 Å². The largest absolute Gasteiger partial charge is 0.379 e. The summed E-state index contributed by atoms with van der Waals surface area (Å²) < 4.78 is 11.1. The zero-order chi connectivity index (χ0) is 20.9. The average molecular weight is 547 g/mol. The first-order valence-corrected chi connectivity index (χ1v) is 11.3. The third-order valence-electron chi connectivity index (χ3n) is 5.31. The lowest BCUT2D eigenvalue weighted by Gasteiger charge is -2.34. The molecule has 1 aromatic heterocycles. The van der Waals surface area contributed by atoms with Gasteiger partial charge in [0.25, 0.3) is 0 Å². The van der Waals surface area contributed by atoms with E-state index in [2.05, 4.69) is 42.3 Å². The molecule has 3 rings (SSSR count). The van der Waals surface area contributed by atoms with Crippen molar-refractivity contribution in [1.82, 2.24) is 25.5 Å². The first kappa shape index (κ1) is 26.0. The minimum absolute atomic E-state index is 0. The van der Waals surface area contributed by atoms with Gasteiger partial charge in [-0.1, -0.05) is 0 Å². The fourth-order valence-corrected chi connectivity index (χ4v) is 3.63. The number of ether oxygens (including phenoxy) is 2. The number of aromatic nitrogens is 2. The molecule has 0 spiro atoms. The average Bonchev–Trinajstić information content (AvgIpc) is 3.31. The van der Waals surface area contributed by atoms with Crippen LogP contribution in [0.15, 0.2) is 23.5 Å². The molecule has 1 unspecified atom stereocenters. The Morgan fingerprint density at radius 1 is 1.19 bits per heavy atom. The van der Waals surface area contributed by atoms with Crippen molar-refractivity contribution in [2.24, 2.45) is 4.99 Å². The lowest BCUT2D eigenvalue weighted by atomic mass is 10.3. The molecule has 9 nitrogen and oxygen atoms in total. The summed E-state index contributed by atoms with van der Waals surface area (Å²) in [5, 5.41) is 6.77. The van der Waals surface area contributed by atoms with E-state index in [4.69, 9.17) is 9.47 Å². The van der Waals surface area contributed by atoms with Crippen LogP contribution in [-0.2, 0) is 9.47 Å². The highest BCUT2D eigenvalue weighted by atomic mass is 127. The van der Waals surface area contributed by atoms with Gasteiger partial charge in [0.05, 0.1) is 12.7 Å². The molecule has 0 amide bonds. The molecule has 1 aromatic rings. The van der Waals surface area contributed by atoms with Crippen molar-refractivity contribution in [3.8, 4) is 0 Å². The van der Waals surface area contributed by atoms with Gasteiger partial charge >= 0.3 is 0 Å². The molecule has 1 atom stereocenters. The van der Waals surface area contributed by atoms with E-state index >= 15 is 0 Å². The van der Waals surface area contributed by atoms with Crippen LogP contribution in [0.5, 0.6) is 0 Å². The van der Waals surface area contributed by atoms with E-state index in [-0.39, 0.29) is 30.1 Å². The Morgan fingerprint density at radius 2 is 2.00 bits per heavy atom. The smallest absolute Gasteiger partial charge is 0.225 e. The summed E-state index contributed by atoms with van der Waals surface area (Å²) in [5.74, 6) is 1.74. The Bertz CT molecular complexity index is 609. The van der Waals surface area contributed by atoms with Crippen LogP contribution < -0.4 is 15.5 Å². The predicted molar refractivity (Wildman–Crippen MR) is 134 cm³/mol. The molecular formula is C21H38IN7O2. The maximum absolute atomic E-state index is 5.79. The molecule has 2 fully saturated rings. The number of nitrogens with one attached hydrogen (secondary N) is 2. The quantitative estimate of drug-likeness (QED) is 0.186. The van der Waals surface area contributed by atoms with Crippen LogP contribution in [0.3, 0.4) is 0 Å². The second-order valence-electron chi connectivity index (χ2n) is 7.63. The number of nitrogens with zero attached hydrogens (tertiary/aromatic N) is 5. The van der Waals surface area contributed by atoms with Crippen molar-refractivity contribution in [1.29, 1.82) is 0 Å². The minimum Gasteiger partial charge on any atom is -0.379 e. The molecule has 176 valence electrons. The summed E-state index contributed by atoms with van der Waals surface area (Å²) >= 11 is 0. The van der Waals surface area contributed by atoms with Crippen LogP contribution >= 0.6 is 24.0 Å². The van der Waals surface area contributed by atoms with E-state index in [9.17, 15) is 0 Å². The lowest BCUT2D eigenvalue weighted by Crippen LogP contribution is -2.47. The van der Waals surface area contributed by atoms with Gasteiger partial charge in [-0.25, -0.2) is 9.97 Å². The van der Waals surface area contributed by atoms with E-state index in [1.54, 1.807) is 0 Å². The van der Waals surface area contributed by atoms with Gasteiger partial charge in [0, 0.05) is 71.4 Å². The molecule has 2 saturated heterocycles. The third-order valence-corrected chi connectivity index (χ3v) is 5.31. The van der Waals surface area contributed by atoms with Crippen LogP contribution in [0.4, 0.5) is 5.95 Å². The van der Waals surface area contributed by atoms with Crippen LogP contribution in [-0.4, -0.2) is 99.1 Å². The zero-order valence-corrected chi connectivity index (χ0v) is 21.0. The maximum atomic E-state index is 5.79. The predicted octanol–water partition coefficient (Wildman–Crippen LogP) is 1.36. The van der Waals surface area contributed by atoms with Crippen LogP contribution in [0.25, 0.3) is 0 Å². The number of rotatable bonds is 11. The summed E-state index contributed by atoms with van der Waals surface area (Å²) in [6.07, 6.45) is 6.94. The van der Waals surface area contributed by atoms with Crippen molar-refractivity contribution < 1.29 is 9.47 Å². The van der Waals surface area contributed by atoms with Crippen LogP contribution in [0.2, 0.25) is 0 Å². The molecule has 0 radical (unpaired) electrons. The molecule has 0 bridgehead atoms. The summed E-state index contributed by atoms with van der Waals surface area (Å²) in [5.41, 5.74) is 0. The van der Waals surface area contributed by atoms with E-state index in [1.807, 2.05) is 18.5 Å².